The van der Waals surface area contributed by atoms with E-state index in [-0.39, 0.29) is 6.23 Å². The van der Waals surface area contributed by atoms with E-state index in [4.69, 9.17) is 0 Å². The fourth-order valence-electron chi connectivity index (χ4n) is 4.31. The first-order valence-electron chi connectivity index (χ1n) is 9.18. The summed E-state index contributed by atoms with van der Waals surface area (Å²) in [5.41, 5.74) is 2.26. The lowest BCUT2D eigenvalue weighted by Gasteiger charge is -2.59. The Morgan fingerprint density at radius 2 is 1.96 bits per heavy atom. The highest BCUT2D eigenvalue weighted by Gasteiger charge is 2.54. The van der Waals surface area contributed by atoms with Crippen molar-refractivity contribution in [2.45, 2.75) is 64.0 Å². The largest absolute Gasteiger partial charge is 0.374 e. The molecule has 126 valence electrons. The number of hydrogen-bond donors (Lipinski definition) is 1. The molecule has 0 aromatic heterocycles. The minimum atomic E-state index is -0.314. The predicted octanol–water partition coefficient (Wildman–Crippen LogP) is 3.97. The molecule has 3 heteroatoms. The minimum Gasteiger partial charge on any atom is -0.374 e. The molecule has 3 nitrogen and oxygen atoms in total. The van der Waals surface area contributed by atoms with Gasteiger partial charge >= 0.3 is 0 Å². The van der Waals surface area contributed by atoms with E-state index in [9.17, 15) is 5.11 Å². The molecule has 0 radical (unpaired) electrons. The summed E-state index contributed by atoms with van der Waals surface area (Å²) in [5, 5.41) is 9.56. The van der Waals surface area contributed by atoms with Crippen molar-refractivity contribution in [3.63, 3.8) is 0 Å². The van der Waals surface area contributed by atoms with Crippen LogP contribution in [0, 0.1) is 5.92 Å². The maximum absolute atomic E-state index is 9.56. The first kappa shape index (κ1) is 16.5. The van der Waals surface area contributed by atoms with Gasteiger partial charge in [-0.2, -0.15) is 0 Å². The second kappa shape index (κ2) is 7.04. The normalized spacial score (nSPS) is 29.4. The molecule has 4 rings (SSSR count). The van der Waals surface area contributed by atoms with Gasteiger partial charge in [0.2, 0.25) is 0 Å². The van der Waals surface area contributed by atoms with E-state index in [1.165, 1.54) is 25.7 Å². The standard InChI is InChI=1S/C12H14.C8H16N2O/c1-2-4-10(5-3-1)12-8-6-11(12)7-9-12;1-3-4-8(11)10-6-5-9-7(10)2/h1-5,11H,6-9H2;8,11H,3-6H2,1-2H3. The number of hydrogen-bond acceptors (Lipinski definition) is 3. The van der Waals surface area contributed by atoms with E-state index >= 15 is 0 Å². The van der Waals surface area contributed by atoms with Crippen molar-refractivity contribution in [3.05, 3.63) is 35.9 Å². The maximum atomic E-state index is 9.56. The van der Waals surface area contributed by atoms with Crippen LogP contribution in [0.1, 0.15) is 57.9 Å². The molecule has 1 aromatic carbocycles. The first-order valence-corrected chi connectivity index (χ1v) is 9.18. The number of aliphatic hydroxyl groups is 1. The van der Waals surface area contributed by atoms with Crippen LogP contribution >= 0.6 is 0 Å². The van der Waals surface area contributed by atoms with Crippen molar-refractivity contribution < 1.29 is 5.11 Å². The molecular weight excluding hydrogens is 284 g/mol. The molecule has 0 amide bonds. The van der Waals surface area contributed by atoms with Gasteiger partial charge in [-0.25, -0.2) is 0 Å². The predicted molar refractivity (Wildman–Crippen MR) is 95.7 cm³/mol. The summed E-state index contributed by atoms with van der Waals surface area (Å²) in [4.78, 5) is 6.17. The molecule has 1 aromatic rings. The highest BCUT2D eigenvalue weighted by atomic mass is 16.3. The number of nitrogens with zero attached hydrogens (tertiary/aromatic N) is 2. The van der Waals surface area contributed by atoms with Gasteiger partial charge in [0.25, 0.3) is 0 Å². The molecule has 0 bridgehead atoms. The zero-order valence-electron chi connectivity index (χ0n) is 14.5. The highest BCUT2D eigenvalue weighted by Crippen LogP contribution is 2.61. The fourth-order valence-corrected chi connectivity index (χ4v) is 4.31. The van der Waals surface area contributed by atoms with Gasteiger partial charge in [-0.05, 0) is 55.9 Å². The van der Waals surface area contributed by atoms with Crippen molar-refractivity contribution in [1.82, 2.24) is 4.90 Å². The van der Waals surface area contributed by atoms with Crippen molar-refractivity contribution in [3.8, 4) is 0 Å². The quantitative estimate of drug-likeness (QED) is 0.913. The van der Waals surface area contributed by atoms with E-state index in [1.807, 2.05) is 11.8 Å². The number of aliphatic hydroxyl groups excluding tert-OH is 1. The van der Waals surface area contributed by atoms with Gasteiger partial charge in [-0.15, -0.1) is 0 Å². The SMILES string of the molecule is CCCC(O)N1CCN=C1C.c1ccc(C23CCC2CC3)cc1. The molecule has 1 N–H and O–H groups in total. The second-order valence-electron chi connectivity index (χ2n) is 7.19. The van der Waals surface area contributed by atoms with Crippen LogP contribution in [0.25, 0.3) is 0 Å². The molecule has 3 aliphatic rings. The molecule has 23 heavy (non-hydrogen) atoms. The van der Waals surface area contributed by atoms with E-state index in [2.05, 4.69) is 42.2 Å². The third kappa shape index (κ3) is 3.16. The topological polar surface area (TPSA) is 35.8 Å². The average Bonchev–Trinajstić information content (AvgIpc) is 2.98. The lowest BCUT2D eigenvalue weighted by atomic mass is 9.45. The third-order valence-electron chi connectivity index (χ3n) is 6.01. The number of rotatable bonds is 4. The fraction of sp³-hybridized carbons (Fsp3) is 0.650. The Balaban J connectivity index is 0.000000137. The van der Waals surface area contributed by atoms with Gasteiger partial charge in [0.05, 0.1) is 12.4 Å². The Morgan fingerprint density at radius 1 is 1.26 bits per heavy atom. The van der Waals surface area contributed by atoms with Crippen LogP contribution in [0.15, 0.2) is 35.3 Å². The number of aliphatic imine (C=N–C) groups is 1. The molecule has 1 unspecified atom stereocenters. The number of fused-ring (bicyclic) bond motifs is 1. The van der Waals surface area contributed by atoms with E-state index in [1.54, 1.807) is 5.56 Å². The summed E-state index contributed by atoms with van der Waals surface area (Å²) < 4.78 is 0. The molecule has 0 saturated heterocycles. The van der Waals surface area contributed by atoms with E-state index in [0.717, 1.165) is 37.7 Å². The summed E-state index contributed by atoms with van der Waals surface area (Å²) in [7, 11) is 0. The third-order valence-corrected chi connectivity index (χ3v) is 6.01. The Morgan fingerprint density at radius 3 is 2.39 bits per heavy atom. The van der Waals surface area contributed by atoms with Gasteiger partial charge in [-0.3, -0.25) is 4.99 Å². The lowest BCUT2D eigenvalue weighted by Crippen LogP contribution is -2.52. The molecular formula is C20H30N2O. The highest BCUT2D eigenvalue weighted by molar-refractivity contribution is 5.81. The minimum absolute atomic E-state index is 0.314. The molecule has 0 spiro atoms. The maximum Gasteiger partial charge on any atom is 0.127 e. The smallest absolute Gasteiger partial charge is 0.127 e. The zero-order chi connectivity index (χ0) is 16.3. The first-order chi connectivity index (χ1) is 11.2. The monoisotopic (exact) mass is 314 g/mol. The molecule has 1 heterocycles. The molecule has 2 saturated carbocycles. The van der Waals surface area contributed by atoms with Gasteiger partial charge in [0, 0.05) is 6.54 Å². The van der Waals surface area contributed by atoms with Crippen LogP contribution < -0.4 is 0 Å². The van der Waals surface area contributed by atoms with Crippen LogP contribution in [0.3, 0.4) is 0 Å². The van der Waals surface area contributed by atoms with Crippen LogP contribution in [0.5, 0.6) is 0 Å². The van der Waals surface area contributed by atoms with Crippen molar-refractivity contribution in [2.75, 3.05) is 13.1 Å². The van der Waals surface area contributed by atoms with Gasteiger partial charge in [0.1, 0.15) is 6.23 Å². The molecule has 1 aliphatic heterocycles. The van der Waals surface area contributed by atoms with Gasteiger partial charge in [0.15, 0.2) is 0 Å². The van der Waals surface area contributed by atoms with E-state index in [0.29, 0.717) is 5.41 Å². The summed E-state index contributed by atoms with van der Waals surface area (Å²) in [6.07, 6.45) is 7.40. The Kier molecular flexibility index (Phi) is 5.05. The summed E-state index contributed by atoms with van der Waals surface area (Å²) in [5.74, 6) is 2.02. The molecule has 2 fully saturated rings. The zero-order valence-corrected chi connectivity index (χ0v) is 14.5. The van der Waals surface area contributed by atoms with Crippen LogP contribution in [-0.2, 0) is 5.41 Å². The average molecular weight is 314 g/mol. The van der Waals surface area contributed by atoms with Crippen molar-refractivity contribution in [2.24, 2.45) is 10.9 Å². The number of benzene rings is 1. The molecule has 1 atom stereocenters. The van der Waals surface area contributed by atoms with Gasteiger partial charge < -0.3 is 10.0 Å². The summed E-state index contributed by atoms with van der Waals surface area (Å²) in [6.45, 7) is 5.75. The Hall–Kier alpha value is -1.35. The van der Waals surface area contributed by atoms with E-state index < -0.39 is 0 Å². The summed E-state index contributed by atoms with van der Waals surface area (Å²) in [6, 6.07) is 11.1. The molecule has 2 aliphatic carbocycles. The second-order valence-corrected chi connectivity index (χ2v) is 7.19. The lowest BCUT2D eigenvalue weighted by molar-refractivity contribution is 0.00597. The Bertz CT molecular complexity index is 532. The van der Waals surface area contributed by atoms with Crippen molar-refractivity contribution >= 4 is 5.84 Å². The van der Waals surface area contributed by atoms with Crippen LogP contribution in [0.4, 0.5) is 0 Å². The van der Waals surface area contributed by atoms with Crippen LogP contribution in [-0.4, -0.2) is 35.2 Å². The van der Waals surface area contributed by atoms with Gasteiger partial charge in [-0.1, -0.05) is 43.7 Å². The number of amidine groups is 1. The summed E-state index contributed by atoms with van der Waals surface area (Å²) >= 11 is 0. The van der Waals surface area contributed by atoms with Crippen molar-refractivity contribution in [1.29, 1.82) is 0 Å². The van der Waals surface area contributed by atoms with Crippen LogP contribution in [0.2, 0.25) is 0 Å². The Labute approximate surface area is 140 Å².